The maximum Gasteiger partial charge on any atom is 0.261 e. The van der Waals surface area contributed by atoms with Crippen molar-refractivity contribution in [2.75, 3.05) is 18.2 Å². The quantitative estimate of drug-likeness (QED) is 0.696. The molecule has 7 nitrogen and oxygen atoms in total. The molecule has 0 radical (unpaired) electrons. The highest BCUT2D eigenvalue weighted by molar-refractivity contribution is 6.07. The van der Waals surface area contributed by atoms with Crippen molar-refractivity contribution in [1.29, 1.82) is 0 Å². The van der Waals surface area contributed by atoms with Gasteiger partial charge in [0.2, 0.25) is 0 Å². The summed E-state index contributed by atoms with van der Waals surface area (Å²) < 4.78 is 5.07. The lowest BCUT2D eigenvalue weighted by atomic mass is 9.75. The first kappa shape index (κ1) is 20.5. The van der Waals surface area contributed by atoms with E-state index in [1.165, 1.54) is 19.2 Å². The largest absolute Gasteiger partial charge is 0.495 e. The van der Waals surface area contributed by atoms with E-state index in [1.807, 2.05) is 13.8 Å². The van der Waals surface area contributed by atoms with Crippen LogP contribution >= 0.6 is 12.4 Å². The Morgan fingerprint density at radius 3 is 2.56 bits per heavy atom. The molecule has 0 bridgehead atoms. The lowest BCUT2D eigenvalue weighted by Crippen LogP contribution is -2.32. The summed E-state index contributed by atoms with van der Waals surface area (Å²) in [4.78, 5) is 39.9. The van der Waals surface area contributed by atoms with Gasteiger partial charge in [-0.25, -0.2) is 0 Å². The molecule has 0 saturated heterocycles. The van der Waals surface area contributed by atoms with Gasteiger partial charge in [-0.2, -0.15) is 0 Å². The molecule has 1 heterocycles. The minimum absolute atomic E-state index is 0. The van der Waals surface area contributed by atoms with Gasteiger partial charge >= 0.3 is 0 Å². The van der Waals surface area contributed by atoms with Gasteiger partial charge in [0.25, 0.3) is 11.5 Å². The van der Waals surface area contributed by atoms with Crippen LogP contribution in [0.5, 0.6) is 5.75 Å². The van der Waals surface area contributed by atoms with E-state index < -0.39 is 11.5 Å². The van der Waals surface area contributed by atoms with Crippen LogP contribution in [0.15, 0.2) is 29.1 Å². The molecule has 0 atom stereocenters. The number of nitrogens with two attached hydrogens (primary N) is 1. The van der Waals surface area contributed by atoms with Gasteiger partial charge in [0, 0.05) is 23.4 Å². The number of carbonyl (C=O) groups excluding carboxylic acids is 2. The number of amides is 1. The molecule has 4 N–H and O–H groups in total. The van der Waals surface area contributed by atoms with Crippen LogP contribution in [0.2, 0.25) is 0 Å². The lowest BCUT2D eigenvalue weighted by molar-refractivity contribution is 0.0910. The molecule has 0 spiro atoms. The van der Waals surface area contributed by atoms with Crippen molar-refractivity contribution in [3.05, 3.63) is 51.4 Å². The second-order valence-electron chi connectivity index (χ2n) is 7.26. The van der Waals surface area contributed by atoms with Crippen LogP contribution in [0, 0.1) is 5.41 Å². The zero-order valence-corrected chi connectivity index (χ0v) is 16.2. The van der Waals surface area contributed by atoms with Crippen LogP contribution in [-0.4, -0.2) is 23.8 Å². The number of benzene rings is 1. The average molecular weight is 392 g/mol. The number of fused-ring (bicyclic) bond motifs is 1. The fourth-order valence-electron chi connectivity index (χ4n) is 3.21. The second kappa shape index (κ2) is 7.44. The molecular weight excluding hydrogens is 370 g/mol. The van der Waals surface area contributed by atoms with Crippen molar-refractivity contribution in [2.24, 2.45) is 5.41 Å². The van der Waals surface area contributed by atoms with E-state index in [9.17, 15) is 14.4 Å². The second-order valence-corrected chi connectivity index (χ2v) is 7.26. The maximum atomic E-state index is 12.5. The number of H-pyrrole nitrogens is 1. The molecule has 144 valence electrons. The highest BCUT2D eigenvalue weighted by Gasteiger charge is 2.32. The monoisotopic (exact) mass is 391 g/mol. The SMILES string of the molecule is COc1ccc(NC(=O)c2cc3c([nH]c2=O)CC(C)(C)CC3=O)cc1N.Cl. The highest BCUT2D eigenvalue weighted by Crippen LogP contribution is 2.33. The number of aromatic amines is 1. The smallest absolute Gasteiger partial charge is 0.261 e. The number of carbonyl (C=O) groups is 2. The van der Waals surface area contributed by atoms with Gasteiger partial charge < -0.3 is 20.8 Å². The van der Waals surface area contributed by atoms with Gasteiger partial charge in [-0.3, -0.25) is 14.4 Å². The van der Waals surface area contributed by atoms with Gasteiger partial charge in [-0.1, -0.05) is 13.8 Å². The van der Waals surface area contributed by atoms with E-state index >= 15 is 0 Å². The summed E-state index contributed by atoms with van der Waals surface area (Å²) in [6.45, 7) is 3.95. The molecular formula is C19H22ClN3O4. The lowest BCUT2D eigenvalue weighted by Gasteiger charge is -2.29. The molecule has 0 saturated carbocycles. The number of Topliss-reactive ketones (excluding diaryl/α,β-unsaturated/α-hetero) is 1. The van der Waals surface area contributed by atoms with E-state index in [0.29, 0.717) is 41.2 Å². The Kier molecular flexibility index (Phi) is 5.65. The fourth-order valence-corrected chi connectivity index (χ4v) is 3.21. The topological polar surface area (TPSA) is 114 Å². The molecule has 0 fully saturated rings. The molecule has 1 amide bonds. The predicted molar refractivity (Wildman–Crippen MR) is 106 cm³/mol. The number of methoxy groups -OCH3 is 1. The molecule has 1 aliphatic carbocycles. The van der Waals surface area contributed by atoms with Crippen molar-refractivity contribution >= 4 is 35.5 Å². The first-order valence-electron chi connectivity index (χ1n) is 8.24. The first-order chi connectivity index (χ1) is 12.2. The van der Waals surface area contributed by atoms with Crippen molar-refractivity contribution in [3.8, 4) is 5.75 Å². The number of anilines is 2. The van der Waals surface area contributed by atoms with Crippen LogP contribution in [0.1, 0.15) is 46.7 Å². The summed E-state index contributed by atoms with van der Waals surface area (Å²) in [7, 11) is 1.49. The minimum atomic E-state index is -0.601. The number of aromatic nitrogens is 1. The molecule has 3 rings (SSSR count). The number of ether oxygens (including phenoxy) is 1. The fraction of sp³-hybridized carbons (Fsp3) is 0.316. The van der Waals surface area contributed by atoms with Crippen molar-refractivity contribution in [3.63, 3.8) is 0 Å². The Morgan fingerprint density at radius 1 is 1.22 bits per heavy atom. The van der Waals surface area contributed by atoms with E-state index in [0.717, 1.165) is 0 Å². The molecule has 27 heavy (non-hydrogen) atoms. The van der Waals surface area contributed by atoms with E-state index in [-0.39, 0.29) is 29.2 Å². The molecule has 2 aromatic rings. The summed E-state index contributed by atoms with van der Waals surface area (Å²) in [6.07, 6.45) is 0.961. The Labute approximate surface area is 162 Å². The van der Waals surface area contributed by atoms with Gasteiger partial charge in [0.05, 0.1) is 12.8 Å². The van der Waals surface area contributed by atoms with Crippen LogP contribution < -0.4 is 21.3 Å². The van der Waals surface area contributed by atoms with Crippen LogP contribution in [0.25, 0.3) is 0 Å². The van der Waals surface area contributed by atoms with Crippen molar-refractivity contribution < 1.29 is 14.3 Å². The van der Waals surface area contributed by atoms with Gasteiger partial charge in [-0.05, 0) is 36.1 Å². The Bertz CT molecular complexity index is 966. The number of nitrogens with one attached hydrogen (secondary N) is 2. The standard InChI is InChI=1S/C19H21N3O4.ClH/c1-19(2)8-14-11(15(23)9-19)7-12(18(25)22-14)17(24)21-10-4-5-16(26-3)13(20)6-10;/h4-7H,8-9,20H2,1-3H3,(H,21,24)(H,22,25);1H. The molecule has 1 aromatic heterocycles. The number of ketones is 1. The van der Waals surface area contributed by atoms with Crippen molar-refractivity contribution in [2.45, 2.75) is 26.7 Å². The number of rotatable bonds is 3. The number of pyridine rings is 1. The van der Waals surface area contributed by atoms with E-state index in [2.05, 4.69) is 10.3 Å². The molecule has 0 unspecified atom stereocenters. The average Bonchev–Trinajstić information content (AvgIpc) is 2.53. The van der Waals surface area contributed by atoms with Crippen LogP contribution in [0.4, 0.5) is 11.4 Å². The molecule has 1 aromatic carbocycles. The van der Waals surface area contributed by atoms with Crippen molar-refractivity contribution in [1.82, 2.24) is 4.98 Å². The zero-order valence-electron chi connectivity index (χ0n) is 15.3. The maximum absolute atomic E-state index is 12.5. The Balaban J connectivity index is 0.00000261. The van der Waals surface area contributed by atoms with Gasteiger partial charge in [0.1, 0.15) is 11.3 Å². The molecule has 8 heteroatoms. The number of nitrogen functional groups attached to an aromatic ring is 1. The number of halogens is 1. The third kappa shape index (κ3) is 4.14. The molecule has 1 aliphatic rings. The zero-order chi connectivity index (χ0) is 19.1. The molecule has 0 aliphatic heterocycles. The number of hydrogen-bond acceptors (Lipinski definition) is 5. The predicted octanol–water partition coefficient (Wildman–Crippen LogP) is 2.79. The van der Waals surface area contributed by atoms with Gasteiger partial charge in [0.15, 0.2) is 5.78 Å². The van der Waals surface area contributed by atoms with Gasteiger partial charge in [-0.15, -0.1) is 12.4 Å². The third-order valence-electron chi connectivity index (χ3n) is 4.45. The summed E-state index contributed by atoms with van der Waals surface area (Å²) in [5, 5.41) is 2.62. The third-order valence-corrected chi connectivity index (χ3v) is 4.45. The normalized spacial score (nSPS) is 14.7. The Hall–Kier alpha value is -2.80. The summed E-state index contributed by atoms with van der Waals surface area (Å²) >= 11 is 0. The first-order valence-corrected chi connectivity index (χ1v) is 8.24. The highest BCUT2D eigenvalue weighted by atomic mass is 35.5. The Morgan fingerprint density at radius 2 is 1.93 bits per heavy atom. The summed E-state index contributed by atoms with van der Waals surface area (Å²) in [5.74, 6) is -0.186. The van der Waals surface area contributed by atoms with Crippen LogP contribution in [0.3, 0.4) is 0 Å². The number of hydrogen-bond donors (Lipinski definition) is 3. The minimum Gasteiger partial charge on any atom is -0.495 e. The summed E-state index contributed by atoms with van der Waals surface area (Å²) in [6, 6.07) is 6.16. The van der Waals surface area contributed by atoms with Crippen LogP contribution in [-0.2, 0) is 6.42 Å². The van der Waals surface area contributed by atoms with E-state index in [4.69, 9.17) is 10.5 Å². The van der Waals surface area contributed by atoms with E-state index in [1.54, 1.807) is 12.1 Å². The summed E-state index contributed by atoms with van der Waals surface area (Å²) in [5.41, 5.74) is 6.77.